The van der Waals surface area contributed by atoms with Crippen molar-refractivity contribution in [3.8, 4) is 0 Å². The Bertz CT molecular complexity index is 318. The van der Waals surface area contributed by atoms with Crippen molar-refractivity contribution >= 4 is 0 Å². The molecule has 0 saturated heterocycles. The number of nitrogens with one attached hydrogen (secondary N) is 1. The van der Waals surface area contributed by atoms with E-state index in [0.717, 1.165) is 25.2 Å². The largest absolute Gasteiger partial charge is 0.382 e. The quantitative estimate of drug-likeness (QED) is 0.584. The molecule has 0 aliphatic heterocycles. The summed E-state index contributed by atoms with van der Waals surface area (Å²) in [6.45, 7) is 4.99. The van der Waals surface area contributed by atoms with Gasteiger partial charge < -0.3 is 14.8 Å². The first kappa shape index (κ1) is 15.0. The molecule has 1 atom stereocenters. The van der Waals surface area contributed by atoms with Crippen molar-refractivity contribution < 1.29 is 9.47 Å². The summed E-state index contributed by atoms with van der Waals surface area (Å²) >= 11 is 0. The molecule has 0 radical (unpaired) electrons. The Balaban J connectivity index is 2.26. The highest BCUT2D eigenvalue weighted by Crippen LogP contribution is 2.00. The van der Waals surface area contributed by atoms with Crippen LogP contribution >= 0.6 is 0 Å². The van der Waals surface area contributed by atoms with Crippen molar-refractivity contribution in [1.29, 1.82) is 0 Å². The van der Waals surface area contributed by atoms with E-state index in [1.54, 1.807) is 14.2 Å². The molecule has 0 spiro atoms. The van der Waals surface area contributed by atoms with Crippen LogP contribution in [0.4, 0.5) is 0 Å². The topological polar surface area (TPSA) is 74.1 Å². The van der Waals surface area contributed by atoms with E-state index in [9.17, 15) is 0 Å². The molecule has 0 saturated carbocycles. The lowest BCUT2D eigenvalue weighted by atomic mass is 10.1. The van der Waals surface area contributed by atoms with Gasteiger partial charge in [0.25, 0.3) is 0 Å². The summed E-state index contributed by atoms with van der Waals surface area (Å²) in [5.41, 5.74) is 0. The van der Waals surface area contributed by atoms with Crippen molar-refractivity contribution in [2.45, 2.75) is 25.8 Å². The van der Waals surface area contributed by atoms with Crippen LogP contribution in [-0.2, 0) is 22.9 Å². The van der Waals surface area contributed by atoms with Gasteiger partial charge in [0.05, 0.1) is 20.3 Å². The van der Waals surface area contributed by atoms with Crippen LogP contribution in [0, 0.1) is 0 Å². The summed E-state index contributed by atoms with van der Waals surface area (Å²) in [7, 11) is 3.44. The molecule has 0 bridgehead atoms. The van der Waals surface area contributed by atoms with E-state index in [-0.39, 0.29) is 0 Å². The van der Waals surface area contributed by atoms with Gasteiger partial charge in [-0.3, -0.25) is 0 Å². The summed E-state index contributed by atoms with van der Waals surface area (Å²) in [4.78, 5) is 1.48. The lowest BCUT2D eigenvalue weighted by Crippen LogP contribution is -2.32. The summed E-state index contributed by atoms with van der Waals surface area (Å²) in [6, 6.07) is 0.321. The fourth-order valence-corrected chi connectivity index (χ4v) is 1.66. The first-order chi connectivity index (χ1) is 8.76. The molecule has 104 valence electrons. The Labute approximate surface area is 108 Å². The minimum Gasteiger partial charge on any atom is -0.382 e. The number of hydrogen-bond donors (Lipinski definition) is 1. The molecule has 0 aromatic carbocycles. The van der Waals surface area contributed by atoms with Gasteiger partial charge in [-0.05, 0) is 18.2 Å². The van der Waals surface area contributed by atoms with Crippen molar-refractivity contribution in [3.05, 3.63) is 5.82 Å². The Morgan fingerprint density at radius 1 is 1.33 bits per heavy atom. The van der Waals surface area contributed by atoms with Gasteiger partial charge in [0.2, 0.25) is 0 Å². The van der Waals surface area contributed by atoms with Gasteiger partial charge in [0.15, 0.2) is 5.82 Å². The number of hydrogen-bond acceptors (Lipinski definition) is 6. The highest BCUT2D eigenvalue weighted by atomic mass is 16.5. The molecule has 7 heteroatoms. The molecule has 1 heterocycles. The number of tetrazole rings is 1. The van der Waals surface area contributed by atoms with Crippen LogP contribution < -0.4 is 5.32 Å². The third-order valence-corrected chi connectivity index (χ3v) is 2.51. The van der Waals surface area contributed by atoms with Gasteiger partial charge in [-0.1, -0.05) is 6.92 Å². The maximum absolute atomic E-state index is 5.47. The summed E-state index contributed by atoms with van der Waals surface area (Å²) < 4.78 is 10.4. The molecule has 18 heavy (non-hydrogen) atoms. The predicted molar refractivity (Wildman–Crippen MR) is 67.3 cm³/mol. The molecule has 0 fully saturated rings. The zero-order chi connectivity index (χ0) is 13.2. The fourth-order valence-electron chi connectivity index (χ4n) is 1.66. The van der Waals surface area contributed by atoms with E-state index in [2.05, 4.69) is 27.7 Å². The predicted octanol–water partition coefficient (Wildman–Crippen LogP) is -0.216. The number of aryl methyl sites for hydroxylation is 1. The molecule has 1 aromatic heterocycles. The highest BCUT2D eigenvalue weighted by Gasteiger charge is 2.11. The molecule has 1 rings (SSSR count). The van der Waals surface area contributed by atoms with Crippen molar-refractivity contribution in [1.82, 2.24) is 25.5 Å². The molecular weight excluding hydrogens is 234 g/mol. The van der Waals surface area contributed by atoms with E-state index < -0.39 is 0 Å². The molecule has 0 amide bonds. The molecule has 1 unspecified atom stereocenters. The van der Waals surface area contributed by atoms with Crippen LogP contribution in [0.1, 0.15) is 19.2 Å². The number of ether oxygens (including phenoxy) is 2. The Morgan fingerprint density at radius 2 is 2.17 bits per heavy atom. The number of nitrogens with zero attached hydrogens (tertiary/aromatic N) is 4. The van der Waals surface area contributed by atoms with Crippen LogP contribution in [0.3, 0.4) is 0 Å². The maximum Gasteiger partial charge on any atom is 0.176 e. The summed E-state index contributed by atoms with van der Waals surface area (Å²) in [5, 5.41) is 15.4. The lowest BCUT2D eigenvalue weighted by Gasteiger charge is -2.15. The minimum absolute atomic E-state index is 0.321. The molecule has 0 aliphatic rings. The van der Waals surface area contributed by atoms with Crippen LogP contribution in [0.15, 0.2) is 0 Å². The first-order valence-corrected chi connectivity index (χ1v) is 6.29. The Morgan fingerprint density at radius 3 is 2.78 bits per heavy atom. The second-order valence-electron chi connectivity index (χ2n) is 4.05. The fraction of sp³-hybridized carbons (Fsp3) is 0.909. The van der Waals surface area contributed by atoms with E-state index in [0.29, 0.717) is 25.9 Å². The maximum atomic E-state index is 5.47. The van der Waals surface area contributed by atoms with Gasteiger partial charge in [-0.15, -0.1) is 10.2 Å². The SMILES string of the molecule is CCNC(CCOCCOC)Cc1nnn(C)n1. The van der Waals surface area contributed by atoms with E-state index >= 15 is 0 Å². The van der Waals surface area contributed by atoms with Crippen molar-refractivity contribution in [3.63, 3.8) is 0 Å². The normalized spacial score (nSPS) is 12.8. The Kier molecular flexibility index (Phi) is 7.47. The zero-order valence-electron chi connectivity index (χ0n) is 11.4. The third-order valence-electron chi connectivity index (χ3n) is 2.51. The molecule has 7 nitrogen and oxygen atoms in total. The van der Waals surface area contributed by atoms with E-state index in [4.69, 9.17) is 9.47 Å². The van der Waals surface area contributed by atoms with Crippen molar-refractivity contribution in [2.24, 2.45) is 7.05 Å². The van der Waals surface area contributed by atoms with Crippen LogP contribution in [-0.4, -0.2) is 59.7 Å². The van der Waals surface area contributed by atoms with Gasteiger partial charge in [0, 0.05) is 26.2 Å². The van der Waals surface area contributed by atoms with Crippen LogP contribution in [0.5, 0.6) is 0 Å². The molecule has 1 aromatic rings. The van der Waals surface area contributed by atoms with Gasteiger partial charge >= 0.3 is 0 Å². The number of aromatic nitrogens is 4. The number of methoxy groups -OCH3 is 1. The second kappa shape index (κ2) is 8.96. The molecule has 0 aliphatic carbocycles. The van der Waals surface area contributed by atoms with Gasteiger partial charge in [-0.25, -0.2) is 0 Å². The highest BCUT2D eigenvalue weighted by molar-refractivity contribution is 4.84. The second-order valence-corrected chi connectivity index (χ2v) is 4.05. The molecule has 1 N–H and O–H groups in total. The average Bonchev–Trinajstić information content (AvgIpc) is 2.75. The Hall–Kier alpha value is -1.05. The smallest absolute Gasteiger partial charge is 0.176 e. The monoisotopic (exact) mass is 257 g/mol. The number of likely N-dealkylation sites (N-methyl/N-ethyl adjacent to an activating group) is 1. The van der Waals surface area contributed by atoms with E-state index in [1.165, 1.54) is 4.80 Å². The van der Waals surface area contributed by atoms with Crippen LogP contribution in [0.2, 0.25) is 0 Å². The molecular formula is C11H23N5O2. The number of rotatable bonds is 10. The zero-order valence-corrected chi connectivity index (χ0v) is 11.4. The van der Waals surface area contributed by atoms with E-state index in [1.807, 2.05) is 0 Å². The minimum atomic E-state index is 0.321. The first-order valence-electron chi connectivity index (χ1n) is 6.29. The van der Waals surface area contributed by atoms with Gasteiger partial charge in [-0.2, -0.15) is 4.80 Å². The lowest BCUT2D eigenvalue weighted by molar-refractivity contribution is 0.0658. The van der Waals surface area contributed by atoms with Crippen molar-refractivity contribution in [2.75, 3.05) is 33.5 Å². The van der Waals surface area contributed by atoms with Gasteiger partial charge in [0.1, 0.15) is 0 Å². The average molecular weight is 257 g/mol. The standard InChI is InChI=1S/C11H23N5O2/c1-4-12-10(5-6-18-8-7-17-3)9-11-13-15-16(2)14-11/h10,12H,4-9H2,1-3H3. The van der Waals surface area contributed by atoms with Crippen LogP contribution in [0.25, 0.3) is 0 Å². The summed E-state index contributed by atoms with van der Waals surface area (Å²) in [6.07, 6.45) is 1.70. The summed E-state index contributed by atoms with van der Waals surface area (Å²) in [5.74, 6) is 0.764. The third kappa shape index (κ3) is 6.04.